The number of ketones is 1. The fourth-order valence-corrected chi connectivity index (χ4v) is 4.95. The predicted octanol–water partition coefficient (Wildman–Crippen LogP) is 4.54. The van der Waals surface area contributed by atoms with E-state index in [1.807, 2.05) is 24.3 Å². The first-order valence-electron chi connectivity index (χ1n) is 11.3. The molecule has 0 bridgehead atoms. The number of aryl methyl sites for hydroxylation is 1. The number of anilines is 1. The molecule has 1 fully saturated rings. The van der Waals surface area contributed by atoms with Crippen LogP contribution >= 0.6 is 11.3 Å². The largest absolute Gasteiger partial charge is 0.507 e. The number of aromatic nitrogens is 2. The Hall–Kier alpha value is -3.72. The third-order valence-electron chi connectivity index (χ3n) is 6.07. The summed E-state index contributed by atoms with van der Waals surface area (Å²) >= 11 is 1.21. The summed E-state index contributed by atoms with van der Waals surface area (Å²) in [6.07, 6.45) is 0. The zero-order chi connectivity index (χ0) is 24.9. The number of Topliss-reactive ketones (excluding diaryl/α,β-unsaturated/α-hetero) is 1. The standard InChI is InChI=1S/C26H25N3O5S/c1-14-27-28-25(35-14)29-21(15-5-8-17(9-6-15)26(2,3)4)20(23(31)24(29)32)22(30)16-7-10-18-19(13-16)34-12-11-33-18/h5-10,13,21,30H,11-12H2,1-4H3/t21-/m0/s1. The predicted molar refractivity (Wildman–Crippen MR) is 132 cm³/mol. The molecule has 0 radical (unpaired) electrons. The highest BCUT2D eigenvalue weighted by atomic mass is 32.1. The SMILES string of the molecule is Cc1nnc(N2C(=O)C(=O)C(=C(O)c3ccc4c(c3)OCCO4)[C@@H]2c2ccc(C(C)(C)C)cc2)s1. The molecule has 0 saturated carbocycles. The number of nitrogens with zero attached hydrogens (tertiary/aromatic N) is 3. The minimum absolute atomic E-state index is 0.0111. The topological polar surface area (TPSA) is 102 Å². The summed E-state index contributed by atoms with van der Waals surface area (Å²) in [6.45, 7) is 8.94. The summed E-state index contributed by atoms with van der Waals surface area (Å²) in [5.74, 6) is -0.790. The average Bonchev–Trinajstić information content (AvgIpc) is 3.38. The highest BCUT2D eigenvalue weighted by molar-refractivity contribution is 7.15. The molecular formula is C26H25N3O5S. The molecule has 5 rings (SSSR count). The summed E-state index contributed by atoms with van der Waals surface area (Å²) in [4.78, 5) is 27.9. The van der Waals surface area contributed by atoms with E-state index in [0.29, 0.717) is 46.0 Å². The zero-order valence-electron chi connectivity index (χ0n) is 19.9. The second-order valence-electron chi connectivity index (χ2n) is 9.50. The quantitative estimate of drug-likeness (QED) is 0.326. The molecule has 3 heterocycles. The number of hydrogen-bond acceptors (Lipinski definition) is 8. The van der Waals surface area contributed by atoms with Crippen LogP contribution in [0.5, 0.6) is 11.5 Å². The monoisotopic (exact) mass is 491 g/mol. The maximum Gasteiger partial charge on any atom is 0.301 e. The molecule has 1 saturated heterocycles. The van der Waals surface area contributed by atoms with Crippen LogP contribution in [-0.4, -0.2) is 40.2 Å². The summed E-state index contributed by atoms with van der Waals surface area (Å²) in [5.41, 5.74) is 2.07. The number of fused-ring (bicyclic) bond motifs is 1. The van der Waals surface area contributed by atoms with Crippen LogP contribution in [0.2, 0.25) is 0 Å². The van der Waals surface area contributed by atoms with Crippen LogP contribution < -0.4 is 14.4 Å². The first-order valence-corrected chi connectivity index (χ1v) is 12.1. The van der Waals surface area contributed by atoms with Crippen LogP contribution in [0.4, 0.5) is 5.13 Å². The first-order chi connectivity index (χ1) is 16.6. The summed E-state index contributed by atoms with van der Waals surface area (Å²) in [7, 11) is 0. The Morgan fingerprint density at radius 3 is 2.34 bits per heavy atom. The van der Waals surface area contributed by atoms with E-state index in [9.17, 15) is 14.7 Å². The van der Waals surface area contributed by atoms with Gasteiger partial charge < -0.3 is 14.6 Å². The van der Waals surface area contributed by atoms with E-state index in [1.54, 1.807) is 25.1 Å². The molecule has 3 aromatic rings. The molecule has 0 aliphatic carbocycles. The molecule has 2 aromatic carbocycles. The Balaban J connectivity index is 1.67. The number of aliphatic hydroxyl groups excluding tert-OH is 1. The third kappa shape index (κ3) is 4.05. The van der Waals surface area contributed by atoms with Gasteiger partial charge in [0.05, 0.1) is 11.6 Å². The number of benzene rings is 2. The van der Waals surface area contributed by atoms with E-state index in [1.165, 1.54) is 16.2 Å². The maximum atomic E-state index is 13.3. The summed E-state index contributed by atoms with van der Waals surface area (Å²) in [6, 6.07) is 11.8. The lowest BCUT2D eigenvalue weighted by Gasteiger charge is -2.24. The van der Waals surface area contributed by atoms with E-state index in [2.05, 4.69) is 31.0 Å². The molecule has 35 heavy (non-hydrogen) atoms. The van der Waals surface area contributed by atoms with Gasteiger partial charge in [-0.1, -0.05) is 56.4 Å². The van der Waals surface area contributed by atoms with Gasteiger partial charge in [-0.05, 0) is 41.7 Å². The van der Waals surface area contributed by atoms with Crippen molar-refractivity contribution >= 4 is 33.9 Å². The van der Waals surface area contributed by atoms with Gasteiger partial charge in [0.15, 0.2) is 11.5 Å². The lowest BCUT2D eigenvalue weighted by atomic mass is 9.85. The van der Waals surface area contributed by atoms with Gasteiger partial charge in [0.2, 0.25) is 5.13 Å². The van der Waals surface area contributed by atoms with Gasteiger partial charge in [0.25, 0.3) is 5.78 Å². The third-order valence-corrected chi connectivity index (χ3v) is 6.91. The van der Waals surface area contributed by atoms with Crippen molar-refractivity contribution in [3.63, 3.8) is 0 Å². The Kier molecular flexibility index (Phi) is 5.59. The van der Waals surface area contributed by atoms with Crippen molar-refractivity contribution in [2.24, 2.45) is 0 Å². The van der Waals surface area contributed by atoms with Crippen LogP contribution in [0.1, 0.15) is 48.5 Å². The fraction of sp³-hybridized carbons (Fsp3) is 0.308. The second-order valence-corrected chi connectivity index (χ2v) is 10.7. The smallest absolute Gasteiger partial charge is 0.301 e. The van der Waals surface area contributed by atoms with Gasteiger partial charge >= 0.3 is 5.91 Å². The molecule has 0 spiro atoms. The Morgan fingerprint density at radius 1 is 1.03 bits per heavy atom. The van der Waals surface area contributed by atoms with Crippen molar-refractivity contribution in [3.05, 3.63) is 69.7 Å². The molecular weight excluding hydrogens is 466 g/mol. The lowest BCUT2D eigenvalue weighted by molar-refractivity contribution is -0.132. The second kappa shape index (κ2) is 8.49. The summed E-state index contributed by atoms with van der Waals surface area (Å²) in [5, 5.41) is 20.5. The van der Waals surface area contributed by atoms with Crippen LogP contribution in [0.15, 0.2) is 48.0 Å². The molecule has 8 nitrogen and oxygen atoms in total. The Bertz CT molecular complexity index is 1350. The van der Waals surface area contributed by atoms with Crippen molar-refractivity contribution in [1.82, 2.24) is 10.2 Å². The number of ether oxygens (including phenoxy) is 2. The van der Waals surface area contributed by atoms with Crippen molar-refractivity contribution < 1.29 is 24.2 Å². The van der Waals surface area contributed by atoms with Crippen molar-refractivity contribution in [3.8, 4) is 11.5 Å². The van der Waals surface area contributed by atoms with Crippen LogP contribution in [0, 0.1) is 6.92 Å². The summed E-state index contributed by atoms with van der Waals surface area (Å²) < 4.78 is 11.2. The molecule has 1 aromatic heterocycles. The lowest BCUT2D eigenvalue weighted by Crippen LogP contribution is -2.29. The van der Waals surface area contributed by atoms with Crippen LogP contribution in [0.3, 0.4) is 0 Å². The minimum atomic E-state index is -0.857. The molecule has 2 aliphatic rings. The molecule has 180 valence electrons. The number of hydrogen-bond donors (Lipinski definition) is 1. The number of carbonyl (C=O) groups excluding carboxylic acids is 2. The highest BCUT2D eigenvalue weighted by Gasteiger charge is 2.48. The first kappa shape index (κ1) is 23.0. The van der Waals surface area contributed by atoms with Gasteiger partial charge in [-0.15, -0.1) is 10.2 Å². The molecule has 1 N–H and O–H groups in total. The molecule has 1 atom stereocenters. The number of rotatable bonds is 3. The Morgan fingerprint density at radius 2 is 1.71 bits per heavy atom. The van der Waals surface area contributed by atoms with Gasteiger partial charge in [-0.2, -0.15) is 0 Å². The van der Waals surface area contributed by atoms with Gasteiger partial charge in [0.1, 0.15) is 24.0 Å². The van der Waals surface area contributed by atoms with Crippen molar-refractivity contribution in [1.29, 1.82) is 0 Å². The molecule has 2 aliphatic heterocycles. The number of amides is 1. The molecule has 1 amide bonds. The van der Waals surface area contributed by atoms with Gasteiger partial charge in [-0.25, -0.2) is 0 Å². The Labute approximate surface area is 206 Å². The van der Waals surface area contributed by atoms with E-state index in [-0.39, 0.29) is 16.7 Å². The van der Waals surface area contributed by atoms with E-state index < -0.39 is 17.7 Å². The van der Waals surface area contributed by atoms with Gasteiger partial charge in [0, 0.05) is 5.56 Å². The molecule has 0 unspecified atom stereocenters. The highest BCUT2D eigenvalue weighted by Crippen LogP contribution is 2.44. The molecule has 9 heteroatoms. The zero-order valence-corrected chi connectivity index (χ0v) is 20.7. The van der Waals surface area contributed by atoms with Crippen molar-refractivity contribution in [2.45, 2.75) is 39.2 Å². The van der Waals surface area contributed by atoms with Crippen LogP contribution in [-0.2, 0) is 15.0 Å². The van der Waals surface area contributed by atoms with E-state index in [4.69, 9.17) is 9.47 Å². The number of aliphatic hydroxyl groups is 1. The fourth-order valence-electron chi connectivity index (χ4n) is 4.24. The number of carbonyl (C=O) groups is 2. The van der Waals surface area contributed by atoms with E-state index in [0.717, 1.165) is 5.56 Å². The van der Waals surface area contributed by atoms with Crippen LogP contribution in [0.25, 0.3) is 5.76 Å². The minimum Gasteiger partial charge on any atom is -0.507 e. The average molecular weight is 492 g/mol. The van der Waals surface area contributed by atoms with Crippen molar-refractivity contribution in [2.75, 3.05) is 18.1 Å². The van der Waals surface area contributed by atoms with Gasteiger partial charge in [-0.3, -0.25) is 14.5 Å². The maximum absolute atomic E-state index is 13.3. The normalized spacial score (nSPS) is 19.3. The van der Waals surface area contributed by atoms with E-state index >= 15 is 0 Å².